The van der Waals surface area contributed by atoms with Crippen molar-refractivity contribution in [3.63, 3.8) is 0 Å². The predicted octanol–water partition coefficient (Wildman–Crippen LogP) is -1.63. The van der Waals surface area contributed by atoms with Crippen LogP contribution in [0.2, 0.25) is 0 Å². The van der Waals surface area contributed by atoms with Gasteiger partial charge in [0.05, 0.1) is 39.6 Å². The van der Waals surface area contributed by atoms with E-state index < -0.39 is 11.6 Å². The molecule has 0 aliphatic carbocycles. The van der Waals surface area contributed by atoms with Crippen LogP contribution < -0.4 is 11.5 Å². The molecule has 8 heteroatoms. The Morgan fingerprint density at radius 3 is 1.70 bits per heavy atom. The van der Waals surface area contributed by atoms with Crippen molar-refractivity contribution in [3.8, 4) is 0 Å². The van der Waals surface area contributed by atoms with E-state index in [1.165, 1.54) is 13.2 Å². The average Bonchev–Trinajstić information content (AvgIpc) is 2.44. The fourth-order valence-electron chi connectivity index (χ4n) is 1.24. The van der Waals surface area contributed by atoms with Crippen LogP contribution in [0.15, 0.2) is 0 Å². The number of hydrogen-bond donors (Lipinski definition) is 2. The number of ketones is 1. The Kier molecular flexibility index (Phi) is 11.4. The number of rotatable bonds is 14. The van der Waals surface area contributed by atoms with Gasteiger partial charge in [-0.05, 0) is 0 Å². The molecule has 0 unspecified atom stereocenters. The van der Waals surface area contributed by atoms with Crippen molar-refractivity contribution in [2.45, 2.75) is 12.7 Å². The molecule has 0 aliphatic rings. The maximum atomic E-state index is 11.5. The van der Waals surface area contributed by atoms with E-state index in [0.717, 1.165) is 0 Å². The monoisotopic (exact) mass is 291 g/mol. The molecule has 0 amide bonds. The zero-order valence-corrected chi connectivity index (χ0v) is 11.8. The number of carbonyl (C=O) groups excluding carboxylic acids is 2. The van der Waals surface area contributed by atoms with Gasteiger partial charge in [-0.1, -0.05) is 0 Å². The smallest absolute Gasteiger partial charge is 0.298 e. The van der Waals surface area contributed by atoms with Gasteiger partial charge in [-0.2, -0.15) is 0 Å². The first-order valence-electron chi connectivity index (χ1n) is 6.37. The first-order chi connectivity index (χ1) is 9.63. The molecule has 0 saturated carbocycles. The molecule has 20 heavy (non-hydrogen) atoms. The van der Waals surface area contributed by atoms with E-state index in [9.17, 15) is 9.59 Å². The lowest BCUT2D eigenvalue weighted by atomic mass is 10.2. The van der Waals surface area contributed by atoms with Crippen LogP contribution in [-0.4, -0.2) is 70.6 Å². The fourth-order valence-corrected chi connectivity index (χ4v) is 1.24. The summed E-state index contributed by atoms with van der Waals surface area (Å²) in [5.41, 5.74) is 10.5. The Labute approximate surface area is 118 Å². The van der Waals surface area contributed by atoms with Gasteiger partial charge in [-0.25, -0.2) is 0 Å². The number of hydrogen-bond acceptors (Lipinski definition) is 8. The Morgan fingerprint density at radius 2 is 1.40 bits per heavy atom. The highest BCUT2D eigenvalue weighted by Gasteiger charge is 2.39. The Balaban J connectivity index is 4.15. The lowest BCUT2D eigenvalue weighted by molar-refractivity contribution is -0.201. The fraction of sp³-hybridized carbons (Fsp3) is 0.833. The van der Waals surface area contributed by atoms with E-state index in [4.69, 9.17) is 30.4 Å². The lowest BCUT2D eigenvalue weighted by Crippen LogP contribution is -2.46. The van der Waals surface area contributed by atoms with E-state index in [1.54, 1.807) is 0 Å². The van der Waals surface area contributed by atoms with Crippen LogP contribution in [0.1, 0.15) is 6.92 Å². The molecule has 117 valence electrons. The van der Waals surface area contributed by atoms with Crippen LogP contribution in [0.4, 0.5) is 0 Å². The summed E-state index contributed by atoms with van der Waals surface area (Å²) in [6.45, 7) is 3.11. The van der Waals surface area contributed by atoms with Gasteiger partial charge < -0.3 is 30.4 Å². The molecule has 0 rings (SSSR count). The molecule has 0 spiro atoms. The van der Waals surface area contributed by atoms with Crippen LogP contribution >= 0.6 is 0 Å². The summed E-state index contributed by atoms with van der Waals surface area (Å²) < 4.78 is 20.5. The molecular weight excluding hydrogens is 268 g/mol. The third kappa shape index (κ3) is 7.63. The molecule has 0 bridgehead atoms. The third-order valence-corrected chi connectivity index (χ3v) is 2.19. The molecule has 0 heterocycles. The molecule has 0 fully saturated rings. The first-order valence-corrected chi connectivity index (χ1v) is 6.37. The maximum Gasteiger partial charge on any atom is 0.298 e. The van der Waals surface area contributed by atoms with Crippen LogP contribution in [0.25, 0.3) is 0 Å². The Morgan fingerprint density at radius 1 is 0.950 bits per heavy atom. The summed E-state index contributed by atoms with van der Waals surface area (Å²) in [6, 6.07) is 0. The molecule has 0 aromatic rings. The highest BCUT2D eigenvalue weighted by atomic mass is 16.7. The van der Waals surface area contributed by atoms with Gasteiger partial charge in [0, 0.05) is 20.0 Å². The number of nitrogens with two attached hydrogens (primary N) is 2. The molecule has 4 N–H and O–H groups in total. The molecule has 0 atom stereocenters. The second-order valence-corrected chi connectivity index (χ2v) is 3.77. The van der Waals surface area contributed by atoms with Gasteiger partial charge >= 0.3 is 0 Å². The molecular formula is C12H23N2O6. The van der Waals surface area contributed by atoms with Crippen molar-refractivity contribution in [2.24, 2.45) is 11.5 Å². The van der Waals surface area contributed by atoms with Crippen molar-refractivity contribution in [3.05, 3.63) is 0 Å². The molecule has 1 radical (unpaired) electrons. The van der Waals surface area contributed by atoms with Crippen molar-refractivity contribution in [2.75, 3.05) is 52.7 Å². The topological polar surface area (TPSA) is 123 Å². The van der Waals surface area contributed by atoms with Crippen molar-refractivity contribution in [1.82, 2.24) is 0 Å². The minimum atomic E-state index is -2.03. The van der Waals surface area contributed by atoms with Crippen LogP contribution in [0, 0.1) is 0 Å². The standard InChI is InChI=1S/C12H23N2O6/c1-11(16)12(10-15,19-8-6-17-4-2-13)20-9-7-18-5-3-14/h2-9,13-14H2,1H3. The van der Waals surface area contributed by atoms with Crippen LogP contribution in [0.3, 0.4) is 0 Å². The SMILES string of the molecule is CC(=O)C([C]=O)(OCCOCCN)OCCOCCN. The molecule has 0 saturated heterocycles. The zero-order chi connectivity index (χ0) is 15.3. The van der Waals surface area contributed by atoms with Gasteiger partial charge in [0.25, 0.3) is 12.1 Å². The molecule has 0 aliphatic heterocycles. The molecule has 8 nitrogen and oxygen atoms in total. The summed E-state index contributed by atoms with van der Waals surface area (Å²) in [5.74, 6) is -2.62. The minimum absolute atomic E-state index is 0.0124. The molecule has 0 aromatic heterocycles. The normalized spacial score (nSPS) is 11.6. The second kappa shape index (κ2) is 11.9. The average molecular weight is 291 g/mol. The van der Waals surface area contributed by atoms with Gasteiger partial charge in [0.15, 0.2) is 5.78 Å². The van der Waals surface area contributed by atoms with Crippen LogP contribution in [-0.2, 0) is 28.5 Å². The van der Waals surface area contributed by atoms with Crippen molar-refractivity contribution in [1.29, 1.82) is 0 Å². The number of Topliss-reactive ketones (excluding diaryl/α,β-unsaturated/α-hetero) is 1. The summed E-state index contributed by atoms with van der Waals surface area (Å²) >= 11 is 0. The maximum absolute atomic E-state index is 11.5. The van der Waals surface area contributed by atoms with Crippen LogP contribution in [0.5, 0.6) is 0 Å². The lowest BCUT2D eigenvalue weighted by Gasteiger charge is -2.24. The first kappa shape index (κ1) is 19.1. The van der Waals surface area contributed by atoms with E-state index in [-0.39, 0.29) is 26.4 Å². The van der Waals surface area contributed by atoms with Crippen molar-refractivity contribution >= 4 is 12.1 Å². The van der Waals surface area contributed by atoms with Gasteiger partial charge in [-0.3, -0.25) is 9.59 Å². The van der Waals surface area contributed by atoms with E-state index in [0.29, 0.717) is 26.3 Å². The van der Waals surface area contributed by atoms with Gasteiger partial charge in [-0.15, -0.1) is 0 Å². The quantitative estimate of drug-likeness (QED) is 0.222. The summed E-state index contributed by atoms with van der Waals surface area (Å²) in [6.07, 6.45) is 1.49. The number of carbonyl (C=O) groups is 1. The second-order valence-electron chi connectivity index (χ2n) is 3.77. The summed E-state index contributed by atoms with van der Waals surface area (Å²) in [7, 11) is 0. The largest absolute Gasteiger partial charge is 0.378 e. The van der Waals surface area contributed by atoms with E-state index in [1.807, 2.05) is 0 Å². The predicted molar refractivity (Wildman–Crippen MR) is 70.8 cm³/mol. The van der Waals surface area contributed by atoms with Crippen molar-refractivity contribution < 1.29 is 28.5 Å². The van der Waals surface area contributed by atoms with E-state index in [2.05, 4.69) is 0 Å². The van der Waals surface area contributed by atoms with E-state index >= 15 is 0 Å². The highest BCUT2D eigenvalue weighted by Crippen LogP contribution is 2.12. The van der Waals surface area contributed by atoms with Gasteiger partial charge in [0.2, 0.25) is 0 Å². The van der Waals surface area contributed by atoms with Gasteiger partial charge in [0.1, 0.15) is 0 Å². The zero-order valence-electron chi connectivity index (χ0n) is 11.8. The third-order valence-electron chi connectivity index (χ3n) is 2.19. The Hall–Kier alpha value is -0.900. The minimum Gasteiger partial charge on any atom is -0.378 e. The summed E-state index contributed by atoms with van der Waals surface area (Å²) in [4.78, 5) is 22.5. The Bertz CT molecular complexity index is 261. The molecule has 0 aromatic carbocycles. The summed E-state index contributed by atoms with van der Waals surface area (Å²) in [5, 5.41) is 0. The number of ether oxygens (including phenoxy) is 4. The highest BCUT2D eigenvalue weighted by molar-refractivity contribution is 5.98.